The lowest BCUT2D eigenvalue weighted by Gasteiger charge is -2.34. The molecule has 1 fully saturated rings. The largest absolute Gasteiger partial charge is 0.327 e. The molecule has 0 spiro atoms. The van der Waals surface area contributed by atoms with Crippen LogP contribution >= 0.6 is 11.3 Å². The zero-order valence-electron chi connectivity index (χ0n) is 9.36. The maximum absolute atomic E-state index is 6.01. The number of piperidine rings is 1. The minimum Gasteiger partial charge on any atom is -0.327 e. The van der Waals surface area contributed by atoms with E-state index in [9.17, 15) is 0 Å². The van der Waals surface area contributed by atoms with Crippen molar-refractivity contribution in [3.63, 3.8) is 0 Å². The summed E-state index contributed by atoms with van der Waals surface area (Å²) in [7, 11) is 0. The van der Waals surface area contributed by atoms with Crippen LogP contribution in [0.2, 0.25) is 0 Å². The fourth-order valence-electron chi connectivity index (χ4n) is 2.18. The Bertz CT molecular complexity index is 284. The molecule has 2 unspecified atom stereocenters. The summed E-state index contributed by atoms with van der Waals surface area (Å²) in [5.41, 5.74) is 6.01. The molecular formula is C12H20N2S. The molecule has 3 heteroatoms. The van der Waals surface area contributed by atoms with Gasteiger partial charge in [-0.2, -0.15) is 0 Å². The normalized spacial score (nSPS) is 28.1. The lowest BCUT2D eigenvalue weighted by Crippen LogP contribution is -2.46. The lowest BCUT2D eigenvalue weighted by atomic mass is 9.95. The molecule has 84 valence electrons. The van der Waals surface area contributed by atoms with Crippen molar-refractivity contribution in [3.8, 4) is 0 Å². The second-order valence-corrected chi connectivity index (χ2v) is 5.59. The van der Waals surface area contributed by atoms with E-state index in [0.717, 1.165) is 6.42 Å². The molecule has 2 rings (SSSR count). The third kappa shape index (κ3) is 3.03. The molecule has 2 atom stereocenters. The van der Waals surface area contributed by atoms with E-state index in [0.29, 0.717) is 12.0 Å². The average molecular weight is 224 g/mol. The van der Waals surface area contributed by atoms with Crippen LogP contribution in [0, 0.1) is 5.92 Å². The number of hydrogen-bond donors (Lipinski definition) is 1. The van der Waals surface area contributed by atoms with Gasteiger partial charge in [0, 0.05) is 24.0 Å². The monoisotopic (exact) mass is 224 g/mol. The second-order valence-electron chi connectivity index (χ2n) is 4.56. The summed E-state index contributed by atoms with van der Waals surface area (Å²) < 4.78 is 0. The highest BCUT2D eigenvalue weighted by Gasteiger charge is 2.22. The maximum Gasteiger partial charge on any atom is 0.00889 e. The van der Waals surface area contributed by atoms with Gasteiger partial charge in [0.05, 0.1) is 0 Å². The van der Waals surface area contributed by atoms with Crippen molar-refractivity contribution in [2.45, 2.75) is 25.8 Å². The highest BCUT2D eigenvalue weighted by Crippen LogP contribution is 2.16. The molecule has 1 aliphatic rings. The van der Waals surface area contributed by atoms with Crippen LogP contribution in [-0.4, -0.2) is 30.6 Å². The molecule has 1 aliphatic heterocycles. The average Bonchev–Trinajstić information content (AvgIpc) is 2.73. The van der Waals surface area contributed by atoms with E-state index in [-0.39, 0.29) is 0 Å². The Morgan fingerprint density at radius 1 is 1.60 bits per heavy atom. The van der Waals surface area contributed by atoms with Gasteiger partial charge in [-0.25, -0.2) is 0 Å². The van der Waals surface area contributed by atoms with Crippen molar-refractivity contribution in [3.05, 3.63) is 22.4 Å². The van der Waals surface area contributed by atoms with Crippen molar-refractivity contribution in [2.75, 3.05) is 19.6 Å². The van der Waals surface area contributed by atoms with Crippen LogP contribution in [0.3, 0.4) is 0 Å². The van der Waals surface area contributed by atoms with Crippen LogP contribution in [0.25, 0.3) is 0 Å². The summed E-state index contributed by atoms with van der Waals surface area (Å²) in [6, 6.07) is 4.78. The van der Waals surface area contributed by atoms with Crippen LogP contribution in [0.1, 0.15) is 18.2 Å². The first-order valence-electron chi connectivity index (χ1n) is 5.76. The van der Waals surface area contributed by atoms with Gasteiger partial charge >= 0.3 is 0 Å². The standard InChI is InChI=1S/C12H20N2S/c1-10-9-14(7-5-12(10)13)6-4-11-3-2-8-15-11/h2-3,8,10,12H,4-7,9,13H2,1H3. The molecule has 1 aromatic heterocycles. The van der Waals surface area contributed by atoms with Gasteiger partial charge in [0.1, 0.15) is 0 Å². The topological polar surface area (TPSA) is 29.3 Å². The molecule has 0 saturated carbocycles. The van der Waals surface area contributed by atoms with E-state index in [4.69, 9.17) is 5.73 Å². The molecule has 0 aromatic carbocycles. The Labute approximate surface area is 96.1 Å². The minimum atomic E-state index is 0.419. The molecule has 2 heterocycles. The fraction of sp³-hybridized carbons (Fsp3) is 0.667. The highest BCUT2D eigenvalue weighted by atomic mass is 32.1. The minimum absolute atomic E-state index is 0.419. The van der Waals surface area contributed by atoms with Crippen molar-refractivity contribution in [1.29, 1.82) is 0 Å². The molecule has 0 amide bonds. The van der Waals surface area contributed by atoms with E-state index in [2.05, 4.69) is 29.3 Å². The Morgan fingerprint density at radius 3 is 3.13 bits per heavy atom. The maximum atomic E-state index is 6.01. The second kappa shape index (κ2) is 5.10. The van der Waals surface area contributed by atoms with E-state index in [1.165, 1.54) is 30.9 Å². The van der Waals surface area contributed by atoms with Gasteiger partial charge in [-0.15, -0.1) is 11.3 Å². The number of nitrogens with two attached hydrogens (primary N) is 1. The Hall–Kier alpha value is -0.380. The third-order valence-corrected chi connectivity index (χ3v) is 4.25. The Balaban J connectivity index is 1.76. The number of rotatable bonds is 3. The van der Waals surface area contributed by atoms with Crippen LogP contribution in [-0.2, 0) is 6.42 Å². The number of likely N-dealkylation sites (tertiary alicyclic amines) is 1. The van der Waals surface area contributed by atoms with Gasteiger partial charge in [-0.05, 0) is 36.8 Å². The SMILES string of the molecule is CC1CN(CCc2cccs2)CCC1N. The number of thiophene rings is 1. The molecule has 0 radical (unpaired) electrons. The molecule has 1 aromatic rings. The van der Waals surface area contributed by atoms with Crippen molar-refractivity contribution >= 4 is 11.3 Å². The zero-order chi connectivity index (χ0) is 10.7. The highest BCUT2D eigenvalue weighted by molar-refractivity contribution is 7.09. The molecule has 1 saturated heterocycles. The van der Waals surface area contributed by atoms with E-state index < -0.39 is 0 Å². The molecule has 2 nitrogen and oxygen atoms in total. The molecule has 15 heavy (non-hydrogen) atoms. The third-order valence-electron chi connectivity index (χ3n) is 3.31. The summed E-state index contributed by atoms with van der Waals surface area (Å²) in [5.74, 6) is 0.655. The summed E-state index contributed by atoms with van der Waals surface area (Å²) in [5, 5.41) is 2.16. The van der Waals surface area contributed by atoms with E-state index in [1.54, 1.807) is 0 Å². The van der Waals surface area contributed by atoms with Gasteiger partial charge in [0.15, 0.2) is 0 Å². The zero-order valence-corrected chi connectivity index (χ0v) is 10.2. The predicted octanol–water partition coefficient (Wildman–Crippen LogP) is 1.96. The van der Waals surface area contributed by atoms with Crippen molar-refractivity contribution < 1.29 is 0 Å². The molecule has 0 bridgehead atoms. The summed E-state index contributed by atoms with van der Waals surface area (Å²) in [6.07, 6.45) is 2.35. The van der Waals surface area contributed by atoms with Crippen LogP contribution < -0.4 is 5.73 Å². The van der Waals surface area contributed by atoms with E-state index in [1.807, 2.05) is 11.3 Å². The Kier molecular flexibility index (Phi) is 3.78. The van der Waals surface area contributed by atoms with Gasteiger partial charge < -0.3 is 10.6 Å². The van der Waals surface area contributed by atoms with Gasteiger partial charge in [-0.3, -0.25) is 0 Å². The summed E-state index contributed by atoms with van der Waals surface area (Å²) in [6.45, 7) is 5.81. The lowest BCUT2D eigenvalue weighted by molar-refractivity contribution is 0.166. The first kappa shape index (κ1) is 11.1. The fourth-order valence-corrected chi connectivity index (χ4v) is 2.87. The first-order chi connectivity index (χ1) is 7.25. The molecule has 2 N–H and O–H groups in total. The first-order valence-corrected chi connectivity index (χ1v) is 6.64. The van der Waals surface area contributed by atoms with Gasteiger partial charge in [0.2, 0.25) is 0 Å². The summed E-state index contributed by atoms with van der Waals surface area (Å²) >= 11 is 1.86. The van der Waals surface area contributed by atoms with Crippen LogP contribution in [0.5, 0.6) is 0 Å². The smallest absolute Gasteiger partial charge is 0.00889 e. The van der Waals surface area contributed by atoms with Crippen molar-refractivity contribution in [1.82, 2.24) is 4.90 Å². The Morgan fingerprint density at radius 2 is 2.47 bits per heavy atom. The van der Waals surface area contributed by atoms with Gasteiger partial charge in [0.25, 0.3) is 0 Å². The quantitative estimate of drug-likeness (QED) is 0.850. The van der Waals surface area contributed by atoms with Crippen LogP contribution in [0.4, 0.5) is 0 Å². The molecule has 0 aliphatic carbocycles. The predicted molar refractivity (Wildman–Crippen MR) is 66.2 cm³/mol. The molecular weight excluding hydrogens is 204 g/mol. The van der Waals surface area contributed by atoms with E-state index >= 15 is 0 Å². The summed E-state index contributed by atoms with van der Waals surface area (Å²) in [4.78, 5) is 4.05. The van der Waals surface area contributed by atoms with Crippen molar-refractivity contribution in [2.24, 2.45) is 11.7 Å². The van der Waals surface area contributed by atoms with Gasteiger partial charge in [-0.1, -0.05) is 13.0 Å². The van der Waals surface area contributed by atoms with Crippen LogP contribution in [0.15, 0.2) is 17.5 Å². The number of nitrogens with zero attached hydrogens (tertiary/aromatic N) is 1. The number of hydrogen-bond acceptors (Lipinski definition) is 3.